The van der Waals surface area contributed by atoms with Crippen LogP contribution in [-0.4, -0.2) is 30.1 Å². The molecule has 8 nitrogen and oxygen atoms in total. The molecule has 0 saturated heterocycles. The molecule has 1 aliphatic rings. The second-order valence-corrected chi connectivity index (χ2v) is 9.82. The molecule has 4 aromatic carbocycles. The lowest BCUT2D eigenvalue weighted by molar-refractivity contribution is 0.102. The molecule has 0 spiro atoms. The number of anilines is 2. The zero-order valence-corrected chi connectivity index (χ0v) is 19.6. The molecule has 0 bridgehead atoms. The molecule has 176 valence electrons. The van der Waals surface area contributed by atoms with Crippen LogP contribution in [0.1, 0.15) is 15.9 Å². The van der Waals surface area contributed by atoms with Crippen molar-refractivity contribution in [1.29, 1.82) is 0 Å². The van der Waals surface area contributed by atoms with E-state index in [-0.39, 0.29) is 16.6 Å². The van der Waals surface area contributed by atoms with Gasteiger partial charge in [0.25, 0.3) is 15.9 Å². The Labute approximate surface area is 206 Å². The number of hydrogen-bond donors (Lipinski definition) is 3. The number of H-pyrrole nitrogens is 1. The lowest BCUT2D eigenvalue weighted by atomic mass is 10.1. The number of amidine groups is 1. The minimum absolute atomic E-state index is 0.174. The number of amides is 1. The van der Waals surface area contributed by atoms with Crippen molar-refractivity contribution < 1.29 is 13.2 Å². The highest BCUT2D eigenvalue weighted by atomic mass is 32.2. The van der Waals surface area contributed by atoms with E-state index in [1.165, 1.54) is 6.07 Å². The summed E-state index contributed by atoms with van der Waals surface area (Å²) in [5.74, 6) is 0.709. The number of para-hydroxylation sites is 2. The molecule has 3 N–H and O–H groups in total. The first-order chi connectivity index (χ1) is 17.5. The molecular formula is C27H19N5O3S. The Balaban J connectivity index is 1.17. The van der Waals surface area contributed by atoms with Crippen LogP contribution in [0.2, 0.25) is 0 Å². The summed E-state index contributed by atoms with van der Waals surface area (Å²) in [4.78, 5) is 20.9. The predicted octanol–water partition coefficient (Wildman–Crippen LogP) is 5.04. The highest BCUT2D eigenvalue weighted by Crippen LogP contribution is 2.27. The highest BCUT2D eigenvalue weighted by Gasteiger charge is 2.28. The third-order valence-electron chi connectivity index (χ3n) is 5.82. The Morgan fingerprint density at radius 1 is 0.806 bits per heavy atom. The van der Waals surface area contributed by atoms with Crippen LogP contribution in [0.15, 0.2) is 106 Å². The number of carbonyl (C=O) groups excluding carboxylic acids is 1. The Morgan fingerprint density at radius 2 is 1.58 bits per heavy atom. The van der Waals surface area contributed by atoms with E-state index >= 15 is 0 Å². The second kappa shape index (κ2) is 8.47. The van der Waals surface area contributed by atoms with E-state index in [0.717, 1.165) is 22.4 Å². The van der Waals surface area contributed by atoms with Crippen LogP contribution in [-0.2, 0) is 10.0 Å². The van der Waals surface area contributed by atoms with Gasteiger partial charge in [0.15, 0.2) is 5.84 Å². The average molecular weight is 494 g/mol. The normalized spacial score (nSPS) is 13.7. The standard InChI is InChI=1S/C27H19N5O3S/c33-27(29-20-7-5-6-18(16-20)25-30-22-9-2-3-10-23(22)31-25)17-12-14-19(15-13-17)28-26-21-8-1-4-11-24(21)36(34,35)32-26/h1-16H,(H,28,32)(H,29,33)(H,30,31). The van der Waals surface area contributed by atoms with Crippen molar-refractivity contribution >= 4 is 44.2 Å². The molecule has 0 fully saturated rings. The Hall–Kier alpha value is -4.76. The van der Waals surface area contributed by atoms with Gasteiger partial charge in [-0.2, -0.15) is 8.42 Å². The summed E-state index contributed by atoms with van der Waals surface area (Å²) in [5.41, 5.74) is 4.91. The zero-order chi connectivity index (χ0) is 24.7. The Bertz CT molecular complexity index is 1740. The second-order valence-electron chi connectivity index (χ2n) is 8.25. The van der Waals surface area contributed by atoms with Gasteiger partial charge < -0.3 is 15.6 Å². The van der Waals surface area contributed by atoms with Crippen molar-refractivity contribution in [2.24, 2.45) is 4.40 Å². The molecule has 0 saturated carbocycles. The molecular weight excluding hydrogens is 474 g/mol. The summed E-state index contributed by atoms with van der Waals surface area (Å²) in [6.07, 6.45) is 0. The maximum atomic E-state index is 12.8. The van der Waals surface area contributed by atoms with Crippen LogP contribution >= 0.6 is 0 Å². The first-order valence-electron chi connectivity index (χ1n) is 11.1. The number of carbonyl (C=O) groups is 1. The van der Waals surface area contributed by atoms with Gasteiger partial charge >= 0.3 is 0 Å². The number of hydrogen-bond acceptors (Lipinski definition) is 5. The molecule has 0 aliphatic carbocycles. The van der Waals surface area contributed by atoms with Crippen LogP contribution in [0.5, 0.6) is 0 Å². The number of benzene rings is 4. The zero-order valence-electron chi connectivity index (χ0n) is 18.8. The number of nitrogens with zero attached hydrogens (tertiary/aromatic N) is 2. The van der Waals surface area contributed by atoms with E-state index in [2.05, 4.69) is 25.0 Å². The van der Waals surface area contributed by atoms with Gasteiger partial charge in [0.1, 0.15) is 10.7 Å². The first-order valence-corrected chi connectivity index (χ1v) is 12.6. The third kappa shape index (κ3) is 4.01. The van der Waals surface area contributed by atoms with Gasteiger partial charge in [0, 0.05) is 28.1 Å². The topological polar surface area (TPSA) is 116 Å². The van der Waals surface area contributed by atoms with Gasteiger partial charge in [-0.25, -0.2) is 4.98 Å². The molecule has 0 radical (unpaired) electrons. The quantitative estimate of drug-likeness (QED) is 0.324. The highest BCUT2D eigenvalue weighted by molar-refractivity contribution is 7.90. The average Bonchev–Trinajstić information content (AvgIpc) is 3.43. The van der Waals surface area contributed by atoms with Crippen LogP contribution in [0, 0.1) is 0 Å². The van der Waals surface area contributed by atoms with Crippen LogP contribution < -0.4 is 10.6 Å². The monoisotopic (exact) mass is 493 g/mol. The molecule has 36 heavy (non-hydrogen) atoms. The number of imidazole rings is 1. The molecule has 5 aromatic rings. The largest absolute Gasteiger partial charge is 0.339 e. The number of nitrogens with one attached hydrogen (secondary N) is 3. The van der Waals surface area contributed by atoms with Crippen molar-refractivity contribution in [2.75, 3.05) is 10.6 Å². The van der Waals surface area contributed by atoms with Crippen molar-refractivity contribution in [3.05, 3.63) is 108 Å². The molecule has 0 atom stereocenters. The predicted molar refractivity (Wildman–Crippen MR) is 140 cm³/mol. The van der Waals surface area contributed by atoms with Crippen LogP contribution in [0.25, 0.3) is 22.4 Å². The van der Waals surface area contributed by atoms with Gasteiger partial charge in [0.2, 0.25) is 0 Å². The minimum atomic E-state index is -3.71. The third-order valence-corrected chi connectivity index (χ3v) is 7.16. The number of rotatable bonds is 4. The summed E-state index contributed by atoms with van der Waals surface area (Å²) < 4.78 is 28.3. The van der Waals surface area contributed by atoms with Crippen molar-refractivity contribution in [3.63, 3.8) is 0 Å². The first kappa shape index (κ1) is 21.8. The minimum Gasteiger partial charge on any atom is -0.339 e. The fourth-order valence-corrected chi connectivity index (χ4v) is 5.25. The summed E-state index contributed by atoms with van der Waals surface area (Å²) in [7, 11) is -3.71. The van der Waals surface area contributed by atoms with Crippen LogP contribution in [0.4, 0.5) is 11.4 Å². The molecule has 1 aromatic heterocycles. The summed E-state index contributed by atoms with van der Waals surface area (Å²) in [6, 6.07) is 28.6. The molecule has 1 aliphatic heterocycles. The molecule has 9 heteroatoms. The summed E-state index contributed by atoms with van der Waals surface area (Å²) >= 11 is 0. The lowest BCUT2D eigenvalue weighted by Gasteiger charge is -2.09. The summed E-state index contributed by atoms with van der Waals surface area (Å²) in [5, 5.41) is 5.95. The fraction of sp³-hybridized carbons (Fsp3) is 0. The molecule has 0 unspecified atom stereocenters. The van der Waals surface area contributed by atoms with E-state index in [9.17, 15) is 13.2 Å². The van der Waals surface area contributed by atoms with E-state index in [1.54, 1.807) is 42.5 Å². The van der Waals surface area contributed by atoms with Gasteiger partial charge in [0.05, 0.1) is 11.0 Å². The van der Waals surface area contributed by atoms with E-state index < -0.39 is 10.0 Å². The van der Waals surface area contributed by atoms with Gasteiger partial charge in [-0.15, -0.1) is 4.40 Å². The van der Waals surface area contributed by atoms with Gasteiger partial charge in [-0.05, 0) is 60.7 Å². The van der Waals surface area contributed by atoms with Crippen LogP contribution in [0.3, 0.4) is 0 Å². The fourth-order valence-electron chi connectivity index (χ4n) is 4.07. The smallest absolute Gasteiger partial charge is 0.285 e. The van der Waals surface area contributed by atoms with Gasteiger partial charge in [-0.3, -0.25) is 4.79 Å². The molecule has 6 rings (SSSR count). The SMILES string of the molecule is O=C(Nc1cccc(-c2nc3ccccc3[nH]2)c1)c1ccc(NC2=NS(=O)(=O)c3ccccc32)cc1. The number of fused-ring (bicyclic) bond motifs is 2. The van der Waals surface area contributed by atoms with Crippen molar-refractivity contribution in [2.45, 2.75) is 4.90 Å². The maximum Gasteiger partial charge on any atom is 0.285 e. The van der Waals surface area contributed by atoms with E-state index in [1.807, 2.05) is 48.5 Å². The molecule has 1 amide bonds. The Morgan fingerprint density at radius 3 is 2.42 bits per heavy atom. The Kier molecular flexibility index (Phi) is 5.12. The number of sulfonamides is 1. The van der Waals surface area contributed by atoms with E-state index in [4.69, 9.17) is 0 Å². The maximum absolute atomic E-state index is 12.8. The molecule has 2 heterocycles. The van der Waals surface area contributed by atoms with E-state index in [0.29, 0.717) is 22.5 Å². The summed E-state index contributed by atoms with van der Waals surface area (Å²) in [6.45, 7) is 0. The van der Waals surface area contributed by atoms with Crippen molar-refractivity contribution in [1.82, 2.24) is 9.97 Å². The van der Waals surface area contributed by atoms with Crippen molar-refractivity contribution in [3.8, 4) is 11.4 Å². The lowest BCUT2D eigenvalue weighted by Crippen LogP contribution is -2.13. The number of aromatic nitrogens is 2. The van der Waals surface area contributed by atoms with Gasteiger partial charge in [-0.1, -0.05) is 36.4 Å². The number of aromatic amines is 1.